The van der Waals surface area contributed by atoms with E-state index >= 15 is 0 Å². The van der Waals surface area contributed by atoms with Crippen LogP contribution >= 0.6 is 0 Å². The molecule has 5 nitrogen and oxygen atoms in total. The van der Waals surface area contributed by atoms with Crippen molar-refractivity contribution >= 4 is 28.3 Å². The van der Waals surface area contributed by atoms with Crippen LogP contribution in [0.25, 0.3) is 11.0 Å². The summed E-state index contributed by atoms with van der Waals surface area (Å²) in [6.07, 6.45) is 0. The fourth-order valence-electron chi connectivity index (χ4n) is 4.09. The topological polar surface area (TPSA) is 48.7 Å². The molecule has 1 fully saturated rings. The van der Waals surface area contributed by atoms with E-state index in [1.807, 2.05) is 38.1 Å². The number of hydrogen-bond donors (Lipinski definition) is 1. The number of anilines is 2. The van der Waals surface area contributed by atoms with Crippen LogP contribution in [0, 0.1) is 20.8 Å². The minimum atomic E-state index is -0.202. The lowest BCUT2D eigenvalue weighted by atomic mass is 10.0. The van der Waals surface area contributed by atoms with Crippen molar-refractivity contribution in [2.75, 3.05) is 43.4 Å². The Morgan fingerprint density at radius 3 is 2.50 bits per heavy atom. The van der Waals surface area contributed by atoms with Gasteiger partial charge in [-0.3, -0.25) is 4.79 Å². The van der Waals surface area contributed by atoms with Gasteiger partial charge >= 0.3 is 0 Å². The third-order valence-electron chi connectivity index (χ3n) is 5.57. The molecular weight excluding hydrogens is 350 g/mol. The minimum absolute atomic E-state index is 0.202. The highest BCUT2D eigenvalue weighted by molar-refractivity contribution is 6.08. The number of carbonyl (C=O) groups excluding carboxylic acids is 1. The first-order valence-corrected chi connectivity index (χ1v) is 9.78. The lowest BCUT2D eigenvalue weighted by molar-refractivity contribution is 0.0998. The lowest BCUT2D eigenvalue weighted by Gasteiger charge is -2.35. The Bertz CT molecular complexity index is 1030. The van der Waals surface area contributed by atoms with Gasteiger partial charge < -0.3 is 19.5 Å². The standard InChI is InChI=1S/C23H27N3O2/c1-15-13-16(2)21-17(3)22(28-20(21)14-15)23(27)24-18-7-5-6-8-19(18)26-11-9-25(4)10-12-26/h5-8,13-14H,9-12H2,1-4H3,(H,24,27). The van der Waals surface area contributed by atoms with Crippen LogP contribution in [0.5, 0.6) is 0 Å². The van der Waals surface area contributed by atoms with Crippen LogP contribution in [-0.2, 0) is 0 Å². The van der Waals surface area contributed by atoms with E-state index in [1.165, 1.54) is 0 Å². The summed E-state index contributed by atoms with van der Waals surface area (Å²) in [5.41, 5.74) is 5.81. The number of nitrogens with one attached hydrogen (secondary N) is 1. The first-order chi connectivity index (χ1) is 13.4. The third-order valence-corrected chi connectivity index (χ3v) is 5.57. The van der Waals surface area contributed by atoms with Crippen molar-refractivity contribution in [1.29, 1.82) is 0 Å². The second kappa shape index (κ2) is 7.32. The highest BCUT2D eigenvalue weighted by Crippen LogP contribution is 2.31. The number of nitrogens with zero attached hydrogens (tertiary/aromatic N) is 2. The number of rotatable bonds is 3. The molecule has 5 heteroatoms. The van der Waals surface area contributed by atoms with Gasteiger partial charge in [0.25, 0.3) is 5.91 Å². The molecule has 3 aromatic rings. The summed E-state index contributed by atoms with van der Waals surface area (Å²) < 4.78 is 5.96. The van der Waals surface area contributed by atoms with Crippen LogP contribution in [0.2, 0.25) is 0 Å². The van der Waals surface area contributed by atoms with Gasteiger partial charge in [-0.2, -0.15) is 0 Å². The van der Waals surface area contributed by atoms with Gasteiger partial charge in [-0.15, -0.1) is 0 Å². The molecule has 2 heterocycles. The van der Waals surface area contributed by atoms with E-state index in [2.05, 4.69) is 41.2 Å². The van der Waals surface area contributed by atoms with Crippen LogP contribution in [0.4, 0.5) is 11.4 Å². The molecule has 4 rings (SSSR count). The molecule has 1 aliphatic rings. The normalized spacial score (nSPS) is 15.2. The average Bonchev–Trinajstić information content (AvgIpc) is 2.99. The predicted octanol–water partition coefficient (Wildman–Crippen LogP) is 4.36. The molecule has 0 aliphatic carbocycles. The van der Waals surface area contributed by atoms with Crippen molar-refractivity contribution in [2.45, 2.75) is 20.8 Å². The number of hydrogen-bond acceptors (Lipinski definition) is 4. The first-order valence-electron chi connectivity index (χ1n) is 9.78. The molecule has 0 saturated carbocycles. The van der Waals surface area contributed by atoms with Crippen molar-refractivity contribution in [3.05, 3.63) is 58.8 Å². The Kier molecular flexibility index (Phi) is 4.85. The zero-order valence-electron chi connectivity index (χ0n) is 17.0. The number of piperazine rings is 1. The molecule has 1 amide bonds. The molecule has 28 heavy (non-hydrogen) atoms. The molecule has 146 valence electrons. The Morgan fingerprint density at radius 1 is 1.04 bits per heavy atom. The van der Waals surface area contributed by atoms with Gasteiger partial charge in [0.15, 0.2) is 5.76 Å². The Labute approximate surface area is 165 Å². The summed E-state index contributed by atoms with van der Waals surface area (Å²) in [7, 11) is 2.14. The molecular formula is C23H27N3O2. The highest BCUT2D eigenvalue weighted by Gasteiger charge is 2.22. The van der Waals surface area contributed by atoms with E-state index in [-0.39, 0.29) is 5.91 Å². The summed E-state index contributed by atoms with van der Waals surface area (Å²) in [4.78, 5) is 17.7. The van der Waals surface area contributed by atoms with Gasteiger partial charge in [0.1, 0.15) is 5.58 Å². The zero-order chi connectivity index (χ0) is 19.8. The number of amides is 1. The second-order valence-electron chi connectivity index (χ2n) is 7.77. The SMILES string of the molecule is Cc1cc(C)c2c(C)c(C(=O)Nc3ccccc3N3CCN(C)CC3)oc2c1. The van der Waals surface area contributed by atoms with Crippen molar-refractivity contribution < 1.29 is 9.21 Å². The summed E-state index contributed by atoms with van der Waals surface area (Å²) in [5, 5.41) is 4.11. The molecule has 2 aromatic carbocycles. The van der Waals surface area contributed by atoms with E-state index in [1.54, 1.807) is 0 Å². The summed E-state index contributed by atoms with van der Waals surface area (Å²) in [6.45, 7) is 9.98. The Balaban J connectivity index is 1.64. The molecule has 1 aliphatic heterocycles. The van der Waals surface area contributed by atoms with Gasteiger partial charge in [0, 0.05) is 37.1 Å². The second-order valence-corrected chi connectivity index (χ2v) is 7.77. The zero-order valence-corrected chi connectivity index (χ0v) is 17.0. The number of furan rings is 1. The Hall–Kier alpha value is -2.79. The van der Waals surface area contributed by atoms with Gasteiger partial charge in [0.05, 0.1) is 11.4 Å². The van der Waals surface area contributed by atoms with E-state index in [0.717, 1.165) is 65.2 Å². The van der Waals surface area contributed by atoms with Crippen molar-refractivity contribution in [3.8, 4) is 0 Å². The van der Waals surface area contributed by atoms with E-state index in [4.69, 9.17) is 4.42 Å². The van der Waals surface area contributed by atoms with E-state index in [9.17, 15) is 4.79 Å². The first kappa shape index (κ1) is 18.6. The summed E-state index contributed by atoms with van der Waals surface area (Å²) in [6, 6.07) is 12.1. The fraction of sp³-hybridized carbons (Fsp3) is 0.348. The molecule has 0 radical (unpaired) electrons. The highest BCUT2D eigenvalue weighted by atomic mass is 16.3. The van der Waals surface area contributed by atoms with Crippen molar-refractivity contribution in [1.82, 2.24) is 4.90 Å². The molecule has 0 atom stereocenters. The van der Waals surface area contributed by atoms with Crippen LogP contribution < -0.4 is 10.2 Å². The number of likely N-dealkylation sites (N-methyl/N-ethyl adjacent to an activating group) is 1. The summed E-state index contributed by atoms with van der Waals surface area (Å²) in [5.74, 6) is 0.184. The van der Waals surface area contributed by atoms with E-state index < -0.39 is 0 Å². The number of benzene rings is 2. The van der Waals surface area contributed by atoms with Gasteiger partial charge in [-0.25, -0.2) is 0 Å². The molecule has 1 N–H and O–H groups in total. The molecule has 1 saturated heterocycles. The quantitative estimate of drug-likeness (QED) is 0.737. The molecule has 0 unspecified atom stereocenters. The molecule has 0 bridgehead atoms. The number of aryl methyl sites for hydroxylation is 3. The van der Waals surface area contributed by atoms with Gasteiger partial charge in [0.2, 0.25) is 0 Å². The number of para-hydroxylation sites is 2. The van der Waals surface area contributed by atoms with E-state index in [0.29, 0.717) is 5.76 Å². The van der Waals surface area contributed by atoms with Gasteiger partial charge in [-0.05, 0) is 57.1 Å². The summed E-state index contributed by atoms with van der Waals surface area (Å²) >= 11 is 0. The average molecular weight is 377 g/mol. The maximum Gasteiger partial charge on any atom is 0.291 e. The third kappa shape index (κ3) is 3.38. The molecule has 1 aromatic heterocycles. The largest absolute Gasteiger partial charge is 0.451 e. The van der Waals surface area contributed by atoms with Crippen LogP contribution in [0.15, 0.2) is 40.8 Å². The number of carbonyl (C=O) groups is 1. The monoisotopic (exact) mass is 377 g/mol. The van der Waals surface area contributed by atoms with Gasteiger partial charge in [-0.1, -0.05) is 18.2 Å². The van der Waals surface area contributed by atoms with Crippen molar-refractivity contribution in [2.24, 2.45) is 0 Å². The predicted molar refractivity (Wildman–Crippen MR) is 115 cm³/mol. The van der Waals surface area contributed by atoms with Crippen LogP contribution in [0.3, 0.4) is 0 Å². The minimum Gasteiger partial charge on any atom is -0.451 e. The number of fused-ring (bicyclic) bond motifs is 1. The lowest BCUT2D eigenvalue weighted by Crippen LogP contribution is -2.44. The maximum absolute atomic E-state index is 13.1. The van der Waals surface area contributed by atoms with Crippen molar-refractivity contribution in [3.63, 3.8) is 0 Å². The van der Waals surface area contributed by atoms with Crippen LogP contribution in [0.1, 0.15) is 27.2 Å². The fourth-order valence-corrected chi connectivity index (χ4v) is 4.09. The van der Waals surface area contributed by atoms with Crippen LogP contribution in [-0.4, -0.2) is 44.0 Å². The maximum atomic E-state index is 13.1. The Morgan fingerprint density at radius 2 is 1.75 bits per heavy atom. The molecule has 0 spiro atoms. The smallest absolute Gasteiger partial charge is 0.291 e.